The third-order valence-electron chi connectivity index (χ3n) is 5.33. The van der Waals surface area contributed by atoms with Crippen molar-refractivity contribution < 1.29 is 23.7 Å². The van der Waals surface area contributed by atoms with Gasteiger partial charge in [0.1, 0.15) is 29.3 Å². The summed E-state index contributed by atoms with van der Waals surface area (Å²) in [5.74, 6) is 1.60. The number of carbonyl (C=O) groups excluding carboxylic acids is 1. The Hall–Kier alpha value is -2.44. The zero-order valence-electron chi connectivity index (χ0n) is 18.8. The van der Waals surface area contributed by atoms with E-state index in [0.717, 1.165) is 35.7 Å². The first-order chi connectivity index (χ1) is 15.2. The summed E-state index contributed by atoms with van der Waals surface area (Å²) < 4.78 is 22.7. The number of hydrogen-bond acceptors (Lipinski definition) is 5. The highest BCUT2D eigenvalue weighted by molar-refractivity contribution is 6.31. The van der Waals surface area contributed by atoms with Crippen molar-refractivity contribution in [1.29, 1.82) is 0 Å². The Morgan fingerprint density at radius 2 is 1.75 bits per heavy atom. The molecule has 0 spiro atoms. The predicted molar refractivity (Wildman–Crippen MR) is 123 cm³/mol. The highest BCUT2D eigenvalue weighted by Crippen LogP contribution is 2.28. The van der Waals surface area contributed by atoms with Crippen LogP contribution in [-0.2, 0) is 15.9 Å². The summed E-state index contributed by atoms with van der Waals surface area (Å²) in [5.41, 5.74) is 1.63. The molecule has 0 aromatic heterocycles. The molecule has 0 radical (unpaired) electrons. The lowest BCUT2D eigenvalue weighted by molar-refractivity contribution is -0.0221. The second kappa shape index (κ2) is 9.59. The van der Waals surface area contributed by atoms with Gasteiger partial charge >= 0.3 is 6.09 Å². The smallest absolute Gasteiger partial charge is 0.410 e. The average Bonchev–Trinajstić information content (AvgIpc) is 3.20. The van der Waals surface area contributed by atoms with Crippen molar-refractivity contribution in [3.8, 4) is 11.5 Å². The van der Waals surface area contributed by atoms with Gasteiger partial charge in [-0.2, -0.15) is 0 Å². The van der Waals surface area contributed by atoms with Crippen molar-refractivity contribution in [3.63, 3.8) is 0 Å². The molecule has 2 fully saturated rings. The summed E-state index contributed by atoms with van der Waals surface area (Å²) in [7, 11) is 0. The second-order valence-corrected chi connectivity index (χ2v) is 9.71. The number of hydrogen-bond donors (Lipinski definition) is 0. The molecule has 1 unspecified atom stereocenters. The first kappa shape index (κ1) is 22.7. The van der Waals surface area contributed by atoms with Gasteiger partial charge in [-0.3, -0.25) is 0 Å². The van der Waals surface area contributed by atoms with Gasteiger partial charge in [-0.05, 0) is 68.7 Å². The van der Waals surface area contributed by atoms with E-state index in [1.165, 1.54) is 0 Å². The van der Waals surface area contributed by atoms with Gasteiger partial charge < -0.3 is 23.8 Å². The molecular weight excluding hydrogens is 430 g/mol. The van der Waals surface area contributed by atoms with Gasteiger partial charge in [-0.1, -0.05) is 23.7 Å². The standard InChI is InChI=1S/C25H30ClNO5/c1-25(2,3)32-24(28)27-14-22(15-27)31-20-8-9-23(26)18(13-20)12-17-4-6-19(7-5-17)30-21-10-11-29-16-21/h4-9,13,21-22H,10-12,14-16H2,1-3H3. The molecule has 2 aliphatic heterocycles. The number of amides is 1. The lowest BCUT2D eigenvalue weighted by Gasteiger charge is -2.39. The molecule has 2 heterocycles. The summed E-state index contributed by atoms with van der Waals surface area (Å²) in [4.78, 5) is 13.7. The Kier molecular flexibility index (Phi) is 6.82. The van der Waals surface area contributed by atoms with Crippen LogP contribution in [0.3, 0.4) is 0 Å². The van der Waals surface area contributed by atoms with E-state index >= 15 is 0 Å². The molecule has 0 saturated carbocycles. The maximum absolute atomic E-state index is 12.1. The molecule has 1 amide bonds. The van der Waals surface area contributed by atoms with Crippen molar-refractivity contribution in [2.75, 3.05) is 26.3 Å². The maximum atomic E-state index is 12.1. The number of nitrogens with zero attached hydrogens (tertiary/aromatic N) is 1. The van der Waals surface area contributed by atoms with E-state index < -0.39 is 5.60 Å². The van der Waals surface area contributed by atoms with E-state index in [0.29, 0.717) is 31.1 Å². The molecule has 2 aromatic rings. The molecule has 172 valence electrons. The Morgan fingerprint density at radius 3 is 2.41 bits per heavy atom. The fourth-order valence-corrected chi connectivity index (χ4v) is 3.83. The van der Waals surface area contributed by atoms with Crippen LogP contribution in [0.15, 0.2) is 42.5 Å². The van der Waals surface area contributed by atoms with Crippen molar-refractivity contribution in [2.24, 2.45) is 0 Å². The monoisotopic (exact) mass is 459 g/mol. The number of benzene rings is 2. The molecule has 2 aromatic carbocycles. The van der Waals surface area contributed by atoms with Gasteiger partial charge in [0, 0.05) is 11.4 Å². The average molecular weight is 460 g/mol. The molecule has 2 aliphatic rings. The zero-order valence-corrected chi connectivity index (χ0v) is 19.6. The SMILES string of the molecule is CC(C)(C)OC(=O)N1CC(Oc2ccc(Cl)c(Cc3ccc(OC4CCOC4)cc3)c2)C1. The van der Waals surface area contributed by atoms with E-state index in [2.05, 4.69) is 12.1 Å². The third-order valence-corrected chi connectivity index (χ3v) is 5.70. The predicted octanol–water partition coefficient (Wildman–Crippen LogP) is 5.10. The number of rotatable bonds is 6. The van der Waals surface area contributed by atoms with Gasteiger partial charge in [0.25, 0.3) is 0 Å². The van der Waals surface area contributed by atoms with E-state index in [9.17, 15) is 4.79 Å². The van der Waals surface area contributed by atoms with Crippen LogP contribution >= 0.6 is 11.6 Å². The number of ether oxygens (including phenoxy) is 4. The van der Waals surface area contributed by atoms with Gasteiger partial charge in [0.2, 0.25) is 0 Å². The lowest BCUT2D eigenvalue weighted by Crippen LogP contribution is -2.57. The molecule has 2 saturated heterocycles. The Morgan fingerprint density at radius 1 is 1.06 bits per heavy atom. The molecular formula is C25H30ClNO5. The van der Waals surface area contributed by atoms with Gasteiger partial charge in [-0.25, -0.2) is 4.79 Å². The molecule has 0 N–H and O–H groups in total. The summed E-state index contributed by atoms with van der Waals surface area (Å²) in [5, 5.41) is 0.699. The van der Waals surface area contributed by atoms with Gasteiger partial charge in [0.05, 0.1) is 26.3 Å². The summed E-state index contributed by atoms with van der Waals surface area (Å²) >= 11 is 6.44. The normalized spacial score (nSPS) is 18.9. The van der Waals surface area contributed by atoms with Crippen LogP contribution in [0, 0.1) is 0 Å². The number of carbonyl (C=O) groups is 1. The quantitative estimate of drug-likeness (QED) is 0.601. The van der Waals surface area contributed by atoms with Crippen LogP contribution in [-0.4, -0.2) is 55.1 Å². The molecule has 0 aliphatic carbocycles. The van der Waals surface area contributed by atoms with Crippen LogP contribution in [0.2, 0.25) is 5.02 Å². The van der Waals surface area contributed by atoms with E-state index in [1.54, 1.807) is 4.90 Å². The maximum Gasteiger partial charge on any atom is 0.410 e. The summed E-state index contributed by atoms with van der Waals surface area (Å²) in [6.45, 7) is 8.03. The first-order valence-corrected chi connectivity index (χ1v) is 11.4. The minimum absolute atomic E-state index is 0.0486. The van der Waals surface area contributed by atoms with E-state index in [4.69, 9.17) is 30.5 Å². The van der Waals surface area contributed by atoms with E-state index in [-0.39, 0.29) is 18.3 Å². The molecule has 0 bridgehead atoms. The van der Waals surface area contributed by atoms with Crippen molar-refractivity contribution >= 4 is 17.7 Å². The van der Waals surface area contributed by atoms with Crippen molar-refractivity contribution in [3.05, 3.63) is 58.6 Å². The number of likely N-dealkylation sites (tertiary alicyclic amines) is 1. The highest BCUT2D eigenvalue weighted by Gasteiger charge is 2.35. The Bertz CT molecular complexity index is 928. The topological polar surface area (TPSA) is 57.2 Å². The summed E-state index contributed by atoms with van der Waals surface area (Å²) in [6, 6.07) is 13.8. The fourth-order valence-electron chi connectivity index (χ4n) is 3.64. The van der Waals surface area contributed by atoms with Crippen LogP contribution in [0.1, 0.15) is 38.3 Å². The molecule has 1 atom stereocenters. The first-order valence-electron chi connectivity index (χ1n) is 11.0. The second-order valence-electron chi connectivity index (χ2n) is 9.30. The number of halogens is 1. The Labute approximate surface area is 194 Å². The molecule has 4 rings (SSSR count). The van der Waals surface area contributed by atoms with Crippen LogP contribution in [0.25, 0.3) is 0 Å². The van der Waals surface area contributed by atoms with Gasteiger partial charge in [0.15, 0.2) is 0 Å². The van der Waals surface area contributed by atoms with Crippen LogP contribution in [0.4, 0.5) is 4.79 Å². The van der Waals surface area contributed by atoms with Gasteiger partial charge in [-0.15, -0.1) is 0 Å². The largest absolute Gasteiger partial charge is 0.488 e. The molecule has 6 nitrogen and oxygen atoms in total. The lowest BCUT2D eigenvalue weighted by atomic mass is 10.0. The van der Waals surface area contributed by atoms with Crippen LogP contribution < -0.4 is 9.47 Å². The molecule has 7 heteroatoms. The van der Waals surface area contributed by atoms with Crippen molar-refractivity contribution in [2.45, 2.75) is 51.4 Å². The zero-order chi connectivity index (χ0) is 22.7. The third kappa shape index (κ3) is 6.08. The van der Waals surface area contributed by atoms with Crippen LogP contribution in [0.5, 0.6) is 11.5 Å². The molecule has 32 heavy (non-hydrogen) atoms. The summed E-state index contributed by atoms with van der Waals surface area (Å²) in [6.07, 6.45) is 1.41. The fraction of sp³-hybridized carbons (Fsp3) is 0.480. The minimum atomic E-state index is -0.497. The van der Waals surface area contributed by atoms with Crippen molar-refractivity contribution in [1.82, 2.24) is 4.90 Å². The minimum Gasteiger partial charge on any atom is -0.488 e. The van der Waals surface area contributed by atoms with E-state index in [1.807, 2.05) is 51.1 Å². The highest BCUT2D eigenvalue weighted by atomic mass is 35.5. The Balaban J connectivity index is 1.31.